The number of nitrogens with zero attached hydrogens (tertiary/aromatic N) is 1. The zero-order valence-corrected chi connectivity index (χ0v) is 15.3. The average Bonchev–Trinajstić information content (AvgIpc) is 2.92. The molecule has 130 valence electrons. The molecule has 4 nitrogen and oxygen atoms in total. The highest BCUT2D eigenvalue weighted by Gasteiger charge is 2.41. The molecule has 2 aliphatic rings. The number of rotatable bonds is 4. The minimum absolute atomic E-state index is 0.239. The van der Waals surface area contributed by atoms with E-state index < -0.39 is 9.84 Å². The van der Waals surface area contributed by atoms with Crippen molar-refractivity contribution in [1.82, 2.24) is 9.88 Å². The van der Waals surface area contributed by atoms with Gasteiger partial charge in [0.15, 0.2) is 0 Å². The Labute approximate surface area is 144 Å². The van der Waals surface area contributed by atoms with Crippen molar-refractivity contribution in [1.29, 1.82) is 0 Å². The summed E-state index contributed by atoms with van der Waals surface area (Å²) in [6.07, 6.45) is 6.71. The highest BCUT2D eigenvalue weighted by atomic mass is 32.2. The molecule has 1 N–H and O–H groups in total. The van der Waals surface area contributed by atoms with Gasteiger partial charge >= 0.3 is 0 Å². The Bertz CT molecular complexity index is 855. The Kier molecular flexibility index (Phi) is 3.96. The van der Waals surface area contributed by atoms with Gasteiger partial charge in [-0.05, 0) is 48.9 Å². The minimum atomic E-state index is -2.93. The molecule has 0 radical (unpaired) electrons. The molecular formula is C19H26N2O2S. The van der Waals surface area contributed by atoms with Crippen LogP contribution in [0.1, 0.15) is 36.8 Å². The molecule has 4 rings (SSSR count). The molecular weight excluding hydrogens is 320 g/mol. The summed E-state index contributed by atoms with van der Waals surface area (Å²) >= 11 is 0. The zero-order chi connectivity index (χ0) is 16.9. The second-order valence-electron chi connectivity index (χ2n) is 7.65. The largest absolute Gasteiger partial charge is 0.361 e. The standard InChI is InChI=1S/C19H26N2O2S/c1-3-7-21-11-13(12-24(2,22)23)8-16-15-5-4-6-17-19(15)14(10-20-17)9-18(16)21/h4-6,10,13,16,18,20H,3,7-9,11-12H2,1-2H3/t13-,16+,18-/m1/s1. The summed E-state index contributed by atoms with van der Waals surface area (Å²) in [5, 5.41) is 1.38. The number of hydrogen-bond acceptors (Lipinski definition) is 3. The normalized spacial score (nSPS) is 27.3. The van der Waals surface area contributed by atoms with Crippen molar-refractivity contribution in [2.45, 2.75) is 38.1 Å². The minimum Gasteiger partial charge on any atom is -0.361 e. The number of H-pyrrole nitrogens is 1. The van der Waals surface area contributed by atoms with Crippen LogP contribution in [0.25, 0.3) is 10.9 Å². The number of hydrogen-bond donors (Lipinski definition) is 1. The Morgan fingerprint density at radius 3 is 2.92 bits per heavy atom. The molecule has 0 bridgehead atoms. The fraction of sp³-hybridized carbons (Fsp3) is 0.579. The molecule has 0 saturated carbocycles. The predicted octanol–water partition coefficient (Wildman–Crippen LogP) is 2.95. The van der Waals surface area contributed by atoms with Crippen molar-refractivity contribution in [3.8, 4) is 0 Å². The molecule has 1 aliphatic carbocycles. The van der Waals surface area contributed by atoms with E-state index in [-0.39, 0.29) is 5.92 Å². The monoisotopic (exact) mass is 346 g/mol. The molecule has 1 aromatic heterocycles. The van der Waals surface area contributed by atoms with Crippen LogP contribution >= 0.6 is 0 Å². The van der Waals surface area contributed by atoms with Crippen LogP contribution in [0.2, 0.25) is 0 Å². The van der Waals surface area contributed by atoms with E-state index in [2.05, 4.69) is 41.2 Å². The molecule has 1 aliphatic heterocycles. The van der Waals surface area contributed by atoms with E-state index in [4.69, 9.17) is 0 Å². The number of nitrogens with one attached hydrogen (secondary N) is 1. The van der Waals surface area contributed by atoms with Crippen LogP contribution in [-0.4, -0.2) is 49.4 Å². The summed E-state index contributed by atoms with van der Waals surface area (Å²) in [6, 6.07) is 7.03. The van der Waals surface area contributed by atoms with Gasteiger partial charge < -0.3 is 4.98 Å². The van der Waals surface area contributed by atoms with Crippen molar-refractivity contribution >= 4 is 20.7 Å². The van der Waals surface area contributed by atoms with Crippen molar-refractivity contribution in [2.75, 3.05) is 25.1 Å². The van der Waals surface area contributed by atoms with E-state index in [1.165, 1.54) is 28.3 Å². The Morgan fingerprint density at radius 2 is 2.17 bits per heavy atom. The number of aromatic amines is 1. The third-order valence-electron chi connectivity index (χ3n) is 5.71. The van der Waals surface area contributed by atoms with E-state index in [0.717, 1.165) is 32.4 Å². The van der Waals surface area contributed by atoms with E-state index in [1.54, 1.807) is 0 Å². The molecule has 0 amide bonds. The summed E-state index contributed by atoms with van der Waals surface area (Å²) in [4.78, 5) is 5.97. The third-order valence-corrected chi connectivity index (χ3v) is 6.79. The highest BCUT2D eigenvalue weighted by Crippen LogP contribution is 2.44. The number of benzene rings is 1. The molecule has 1 fully saturated rings. The maximum atomic E-state index is 11.8. The van der Waals surface area contributed by atoms with Gasteiger partial charge in [0.25, 0.3) is 0 Å². The van der Waals surface area contributed by atoms with Crippen LogP contribution in [0.15, 0.2) is 24.4 Å². The zero-order valence-electron chi connectivity index (χ0n) is 14.5. The lowest BCUT2D eigenvalue weighted by Gasteiger charge is -2.47. The Hall–Kier alpha value is -1.33. The predicted molar refractivity (Wildman–Crippen MR) is 98.2 cm³/mol. The first-order chi connectivity index (χ1) is 11.5. The summed E-state index contributed by atoms with van der Waals surface area (Å²) < 4.78 is 23.7. The lowest BCUT2D eigenvalue weighted by molar-refractivity contribution is 0.0920. The van der Waals surface area contributed by atoms with Crippen LogP contribution in [0.4, 0.5) is 0 Å². The van der Waals surface area contributed by atoms with Gasteiger partial charge in [-0.3, -0.25) is 4.90 Å². The second kappa shape index (κ2) is 5.88. The quantitative estimate of drug-likeness (QED) is 0.926. The second-order valence-corrected chi connectivity index (χ2v) is 9.84. The fourth-order valence-corrected chi connectivity index (χ4v) is 6.09. The Balaban J connectivity index is 1.74. The van der Waals surface area contributed by atoms with Crippen LogP contribution < -0.4 is 0 Å². The molecule has 0 spiro atoms. The lowest BCUT2D eigenvalue weighted by Crippen LogP contribution is -2.51. The fourth-order valence-electron chi connectivity index (χ4n) is 4.99. The third kappa shape index (κ3) is 2.78. The van der Waals surface area contributed by atoms with Crippen molar-refractivity contribution < 1.29 is 8.42 Å². The van der Waals surface area contributed by atoms with Crippen molar-refractivity contribution in [3.63, 3.8) is 0 Å². The molecule has 0 unspecified atom stereocenters. The number of likely N-dealkylation sites (tertiary alicyclic amines) is 1. The first-order valence-corrected chi connectivity index (χ1v) is 11.0. The van der Waals surface area contributed by atoms with Crippen LogP contribution in [0.5, 0.6) is 0 Å². The molecule has 1 aromatic carbocycles. The maximum absolute atomic E-state index is 11.8. The summed E-state index contributed by atoms with van der Waals surface area (Å²) in [7, 11) is -2.93. The van der Waals surface area contributed by atoms with Gasteiger partial charge in [-0.1, -0.05) is 19.1 Å². The van der Waals surface area contributed by atoms with E-state index in [9.17, 15) is 8.42 Å². The van der Waals surface area contributed by atoms with Crippen LogP contribution in [-0.2, 0) is 16.3 Å². The van der Waals surface area contributed by atoms with Gasteiger partial charge in [0.05, 0.1) is 5.75 Å². The van der Waals surface area contributed by atoms with E-state index >= 15 is 0 Å². The van der Waals surface area contributed by atoms with Gasteiger partial charge in [0, 0.05) is 41.9 Å². The Morgan fingerprint density at radius 1 is 1.33 bits per heavy atom. The first kappa shape index (κ1) is 16.2. The summed E-state index contributed by atoms with van der Waals surface area (Å²) in [6.45, 7) is 4.18. The summed E-state index contributed by atoms with van der Waals surface area (Å²) in [5.41, 5.74) is 4.05. The van der Waals surface area contributed by atoms with Gasteiger partial charge in [-0.25, -0.2) is 8.42 Å². The smallest absolute Gasteiger partial charge is 0.147 e. The van der Waals surface area contributed by atoms with Crippen LogP contribution in [0, 0.1) is 5.92 Å². The first-order valence-electron chi connectivity index (χ1n) is 8.97. The topological polar surface area (TPSA) is 53.2 Å². The lowest BCUT2D eigenvalue weighted by atomic mass is 9.72. The SMILES string of the molecule is CCCN1C[C@H](CS(C)(=O)=O)C[C@H]2c3cccc4[nH]cc(c34)C[C@H]21. The average molecular weight is 346 g/mol. The molecule has 5 heteroatoms. The molecule has 1 saturated heterocycles. The number of fused-ring (bicyclic) bond motifs is 2. The van der Waals surface area contributed by atoms with Gasteiger partial charge in [-0.15, -0.1) is 0 Å². The maximum Gasteiger partial charge on any atom is 0.147 e. The molecule has 2 aromatic rings. The summed E-state index contributed by atoms with van der Waals surface area (Å²) in [5.74, 6) is 1.000. The number of aromatic nitrogens is 1. The van der Waals surface area contributed by atoms with Crippen LogP contribution in [0.3, 0.4) is 0 Å². The van der Waals surface area contributed by atoms with Crippen molar-refractivity contribution in [3.05, 3.63) is 35.5 Å². The molecule has 2 heterocycles. The van der Waals surface area contributed by atoms with Crippen molar-refractivity contribution in [2.24, 2.45) is 5.92 Å². The van der Waals surface area contributed by atoms with Gasteiger partial charge in [-0.2, -0.15) is 0 Å². The number of sulfone groups is 1. The molecule has 24 heavy (non-hydrogen) atoms. The highest BCUT2D eigenvalue weighted by molar-refractivity contribution is 7.90. The van der Waals surface area contributed by atoms with E-state index in [0.29, 0.717) is 17.7 Å². The molecule has 3 atom stereocenters. The van der Waals surface area contributed by atoms with E-state index in [1.807, 2.05) is 0 Å². The number of piperidine rings is 1. The van der Waals surface area contributed by atoms with Gasteiger partial charge in [0.2, 0.25) is 0 Å². The van der Waals surface area contributed by atoms with Gasteiger partial charge in [0.1, 0.15) is 9.84 Å².